The molecule has 2 heterocycles. The molecular formula is C20H30N6O2. The number of aromatic nitrogens is 4. The highest BCUT2D eigenvalue weighted by atomic mass is 16.5. The molecule has 2 aromatic rings. The maximum Gasteiger partial charge on any atom is 0.173 e. The molecule has 0 spiro atoms. The summed E-state index contributed by atoms with van der Waals surface area (Å²) in [5.41, 5.74) is 1.14. The SMILES string of the molecule is COc1ccc(C(c2nnnn2C2CCCC2)N2CCN(C)CC2)cc1OC. The van der Waals surface area contributed by atoms with Crippen molar-refractivity contribution in [2.24, 2.45) is 0 Å². The Labute approximate surface area is 166 Å². The molecule has 1 atom stereocenters. The monoisotopic (exact) mass is 386 g/mol. The molecule has 2 fully saturated rings. The zero-order chi connectivity index (χ0) is 19.5. The number of hydrogen-bond acceptors (Lipinski definition) is 7. The maximum atomic E-state index is 5.57. The lowest BCUT2D eigenvalue weighted by atomic mass is 10.0. The van der Waals surface area contributed by atoms with Gasteiger partial charge in [-0.25, -0.2) is 4.68 Å². The summed E-state index contributed by atoms with van der Waals surface area (Å²) in [6.07, 6.45) is 4.80. The van der Waals surface area contributed by atoms with Crippen LogP contribution < -0.4 is 9.47 Å². The summed E-state index contributed by atoms with van der Waals surface area (Å²) in [5.74, 6) is 2.40. The highest BCUT2D eigenvalue weighted by molar-refractivity contribution is 5.45. The predicted molar refractivity (Wildman–Crippen MR) is 106 cm³/mol. The minimum absolute atomic E-state index is 0.00380. The van der Waals surface area contributed by atoms with Crippen molar-refractivity contribution in [3.05, 3.63) is 29.6 Å². The van der Waals surface area contributed by atoms with Gasteiger partial charge in [0.15, 0.2) is 17.3 Å². The predicted octanol–water partition coefficient (Wildman–Crippen LogP) is 2.14. The lowest BCUT2D eigenvalue weighted by Gasteiger charge is -2.37. The summed E-state index contributed by atoms with van der Waals surface area (Å²) in [6.45, 7) is 4.03. The van der Waals surface area contributed by atoms with Gasteiger partial charge in [0.25, 0.3) is 0 Å². The molecule has 2 aliphatic rings. The van der Waals surface area contributed by atoms with E-state index in [2.05, 4.69) is 49.2 Å². The van der Waals surface area contributed by atoms with Gasteiger partial charge in [0.1, 0.15) is 0 Å². The highest BCUT2D eigenvalue weighted by Crippen LogP contribution is 2.37. The van der Waals surface area contributed by atoms with Crippen molar-refractivity contribution in [3.8, 4) is 11.5 Å². The first kappa shape index (κ1) is 19.1. The zero-order valence-corrected chi connectivity index (χ0v) is 17.0. The molecule has 0 N–H and O–H groups in total. The van der Waals surface area contributed by atoms with E-state index >= 15 is 0 Å². The molecule has 0 amide bonds. The summed E-state index contributed by atoms with van der Waals surface area (Å²) < 4.78 is 13.1. The standard InChI is InChI=1S/C20H30N6O2/c1-24-10-12-25(13-11-24)19(15-8-9-17(27-2)18(14-15)28-3)20-21-22-23-26(20)16-6-4-5-7-16/h8-9,14,16,19H,4-7,10-13H2,1-3H3. The van der Waals surface area contributed by atoms with Crippen LogP contribution in [0.2, 0.25) is 0 Å². The van der Waals surface area contributed by atoms with Gasteiger partial charge in [-0.1, -0.05) is 18.9 Å². The van der Waals surface area contributed by atoms with Gasteiger partial charge < -0.3 is 14.4 Å². The van der Waals surface area contributed by atoms with Crippen LogP contribution in [0.15, 0.2) is 18.2 Å². The Morgan fingerprint density at radius 3 is 2.39 bits per heavy atom. The Balaban J connectivity index is 1.74. The number of rotatable bonds is 6. The molecule has 1 aromatic heterocycles. The average molecular weight is 387 g/mol. The summed E-state index contributed by atoms with van der Waals surface area (Å²) in [7, 11) is 5.51. The fourth-order valence-corrected chi connectivity index (χ4v) is 4.42. The van der Waals surface area contributed by atoms with Crippen molar-refractivity contribution in [1.29, 1.82) is 0 Å². The number of likely N-dealkylation sites (N-methyl/N-ethyl adjacent to an activating group) is 1. The number of methoxy groups -OCH3 is 2. The van der Waals surface area contributed by atoms with Crippen LogP contribution in [0.4, 0.5) is 0 Å². The zero-order valence-electron chi connectivity index (χ0n) is 17.0. The molecule has 1 aromatic carbocycles. The molecule has 1 saturated heterocycles. The smallest absolute Gasteiger partial charge is 0.173 e. The van der Waals surface area contributed by atoms with Gasteiger partial charge in [-0.15, -0.1) is 5.10 Å². The number of piperazine rings is 1. The van der Waals surface area contributed by atoms with Crippen LogP contribution in [-0.4, -0.2) is 77.5 Å². The minimum Gasteiger partial charge on any atom is -0.493 e. The molecule has 1 aliphatic heterocycles. The van der Waals surface area contributed by atoms with E-state index in [4.69, 9.17) is 9.47 Å². The quantitative estimate of drug-likeness (QED) is 0.753. The Morgan fingerprint density at radius 1 is 1.00 bits per heavy atom. The van der Waals surface area contributed by atoms with Crippen LogP contribution in [0, 0.1) is 0 Å². The van der Waals surface area contributed by atoms with E-state index in [9.17, 15) is 0 Å². The van der Waals surface area contributed by atoms with Crippen LogP contribution in [0.5, 0.6) is 11.5 Å². The molecule has 28 heavy (non-hydrogen) atoms. The first-order valence-corrected chi connectivity index (χ1v) is 10.1. The third kappa shape index (κ3) is 3.71. The van der Waals surface area contributed by atoms with Crippen LogP contribution in [-0.2, 0) is 0 Å². The molecule has 8 nitrogen and oxygen atoms in total. The first-order valence-electron chi connectivity index (χ1n) is 10.1. The number of tetrazole rings is 1. The molecule has 1 saturated carbocycles. The molecule has 152 valence electrons. The second kappa shape index (κ2) is 8.45. The largest absolute Gasteiger partial charge is 0.493 e. The van der Waals surface area contributed by atoms with Gasteiger partial charge in [-0.2, -0.15) is 0 Å². The van der Waals surface area contributed by atoms with E-state index in [0.717, 1.165) is 61.9 Å². The van der Waals surface area contributed by atoms with Gasteiger partial charge in [0.2, 0.25) is 0 Å². The number of benzene rings is 1. The Hall–Kier alpha value is -2.19. The Morgan fingerprint density at radius 2 is 1.71 bits per heavy atom. The van der Waals surface area contributed by atoms with Crippen LogP contribution in [0.1, 0.15) is 49.2 Å². The van der Waals surface area contributed by atoms with Crippen molar-refractivity contribution in [3.63, 3.8) is 0 Å². The van der Waals surface area contributed by atoms with Crippen molar-refractivity contribution in [1.82, 2.24) is 30.0 Å². The number of ether oxygens (including phenoxy) is 2. The van der Waals surface area contributed by atoms with Gasteiger partial charge in [0.05, 0.1) is 26.3 Å². The fraction of sp³-hybridized carbons (Fsp3) is 0.650. The van der Waals surface area contributed by atoms with Crippen molar-refractivity contribution >= 4 is 0 Å². The lowest BCUT2D eigenvalue weighted by Crippen LogP contribution is -2.46. The third-order valence-electron chi connectivity index (χ3n) is 6.06. The average Bonchev–Trinajstić information content (AvgIpc) is 3.41. The minimum atomic E-state index is 0.00380. The molecule has 4 rings (SSSR count). The van der Waals surface area contributed by atoms with Crippen LogP contribution in [0.3, 0.4) is 0 Å². The van der Waals surface area contributed by atoms with Crippen LogP contribution >= 0.6 is 0 Å². The van der Waals surface area contributed by atoms with Crippen LogP contribution in [0.25, 0.3) is 0 Å². The molecule has 1 aliphatic carbocycles. The summed E-state index contributed by atoms with van der Waals surface area (Å²) in [6, 6.07) is 6.55. The molecule has 1 unspecified atom stereocenters. The first-order chi connectivity index (χ1) is 13.7. The Bertz CT molecular complexity index is 781. The lowest BCUT2D eigenvalue weighted by molar-refractivity contribution is 0.120. The normalized spacial score (nSPS) is 20.4. The van der Waals surface area contributed by atoms with Crippen molar-refractivity contribution in [2.75, 3.05) is 47.4 Å². The van der Waals surface area contributed by atoms with E-state index in [-0.39, 0.29) is 6.04 Å². The van der Waals surface area contributed by atoms with Crippen molar-refractivity contribution < 1.29 is 9.47 Å². The second-order valence-corrected chi connectivity index (χ2v) is 7.78. The van der Waals surface area contributed by atoms with E-state index in [1.807, 2.05) is 6.07 Å². The maximum absolute atomic E-state index is 5.57. The van der Waals surface area contributed by atoms with Crippen molar-refractivity contribution in [2.45, 2.75) is 37.8 Å². The van der Waals surface area contributed by atoms with Gasteiger partial charge >= 0.3 is 0 Å². The summed E-state index contributed by atoms with van der Waals surface area (Å²) in [4.78, 5) is 4.85. The van der Waals surface area contributed by atoms with Gasteiger partial charge in [0, 0.05) is 26.2 Å². The second-order valence-electron chi connectivity index (χ2n) is 7.78. The Kier molecular flexibility index (Phi) is 5.77. The van der Waals surface area contributed by atoms with Gasteiger partial charge in [-0.05, 0) is 48.0 Å². The van der Waals surface area contributed by atoms with E-state index in [1.165, 1.54) is 12.8 Å². The molecule has 0 bridgehead atoms. The number of nitrogens with zero attached hydrogens (tertiary/aromatic N) is 6. The fourth-order valence-electron chi connectivity index (χ4n) is 4.42. The molecule has 8 heteroatoms. The van der Waals surface area contributed by atoms with E-state index in [0.29, 0.717) is 6.04 Å². The topological polar surface area (TPSA) is 68.5 Å². The highest BCUT2D eigenvalue weighted by Gasteiger charge is 2.33. The molecular weight excluding hydrogens is 356 g/mol. The van der Waals surface area contributed by atoms with Gasteiger partial charge in [-0.3, -0.25) is 4.90 Å². The summed E-state index contributed by atoms with van der Waals surface area (Å²) in [5, 5.41) is 13.0. The number of hydrogen-bond donors (Lipinski definition) is 0. The van der Waals surface area contributed by atoms with E-state index < -0.39 is 0 Å². The molecule has 0 radical (unpaired) electrons. The third-order valence-corrected chi connectivity index (χ3v) is 6.06. The summed E-state index contributed by atoms with van der Waals surface area (Å²) >= 11 is 0. The van der Waals surface area contributed by atoms with E-state index in [1.54, 1.807) is 14.2 Å².